The first kappa shape index (κ1) is 27.8. The van der Waals surface area contributed by atoms with Crippen LogP contribution in [-0.4, -0.2) is 84.7 Å². The van der Waals surface area contributed by atoms with Gasteiger partial charge in [-0.15, -0.1) is 0 Å². The Hall–Kier alpha value is -2.80. The number of esters is 1. The van der Waals surface area contributed by atoms with Gasteiger partial charge in [-0.25, -0.2) is 19.1 Å². The highest BCUT2D eigenvalue weighted by atomic mass is 28.3. The fourth-order valence-corrected chi connectivity index (χ4v) is 5.76. The van der Waals surface area contributed by atoms with Gasteiger partial charge in [0.2, 0.25) is 0 Å². The number of pyridine rings is 1. The van der Waals surface area contributed by atoms with E-state index in [2.05, 4.69) is 31.5 Å². The molecule has 0 aromatic carbocycles. The molecule has 0 aliphatic carbocycles. The Kier molecular flexibility index (Phi) is 8.36. The van der Waals surface area contributed by atoms with Crippen molar-refractivity contribution in [3.8, 4) is 11.4 Å². The van der Waals surface area contributed by atoms with Crippen LogP contribution in [0.2, 0.25) is 25.7 Å². The van der Waals surface area contributed by atoms with Crippen LogP contribution in [0.15, 0.2) is 18.3 Å². The number of fused-ring (bicyclic) bond motifs is 1. The van der Waals surface area contributed by atoms with E-state index in [1.165, 1.54) is 7.11 Å². The predicted molar refractivity (Wildman–Crippen MR) is 151 cm³/mol. The van der Waals surface area contributed by atoms with Crippen LogP contribution in [0.5, 0.6) is 0 Å². The summed E-state index contributed by atoms with van der Waals surface area (Å²) in [5.74, 6) is 0.245. The maximum atomic E-state index is 13.1. The minimum atomic E-state index is -1.26. The number of anilines is 1. The molecule has 1 unspecified atom stereocenters. The average molecular weight is 557 g/mol. The number of carbonyl (C=O) groups excluding carboxylic acids is 1. The van der Waals surface area contributed by atoms with Crippen molar-refractivity contribution in [2.24, 2.45) is 0 Å². The number of methoxy groups -OCH3 is 1. The summed E-state index contributed by atoms with van der Waals surface area (Å²) >= 11 is 0. The van der Waals surface area contributed by atoms with Crippen molar-refractivity contribution < 1.29 is 23.7 Å². The van der Waals surface area contributed by atoms with Gasteiger partial charge >= 0.3 is 5.97 Å². The second-order valence-corrected chi connectivity index (χ2v) is 17.2. The van der Waals surface area contributed by atoms with Crippen LogP contribution in [0.1, 0.15) is 42.8 Å². The van der Waals surface area contributed by atoms with Crippen LogP contribution in [0.3, 0.4) is 0 Å². The fourth-order valence-electron chi connectivity index (χ4n) is 5.00. The first-order valence-corrected chi connectivity index (χ1v) is 17.5. The summed E-state index contributed by atoms with van der Waals surface area (Å²) in [6, 6.07) is 4.88. The topological polar surface area (TPSA) is 106 Å². The lowest BCUT2D eigenvalue weighted by atomic mass is 10.1. The highest BCUT2D eigenvalue weighted by Gasteiger charge is 2.28. The van der Waals surface area contributed by atoms with Crippen LogP contribution < -0.4 is 4.90 Å². The SMILES string of the molecule is COC(=O)c1cc(N2CCOC[C@H]2C)nc2c(-c3ccn(C4CCCCO4)n3)nn(COCC[Si](C)(C)C)c12. The predicted octanol–water partition coefficient (Wildman–Crippen LogP) is 4.32. The van der Waals surface area contributed by atoms with Crippen molar-refractivity contribution in [3.63, 3.8) is 0 Å². The first-order valence-electron chi connectivity index (χ1n) is 13.8. The van der Waals surface area contributed by atoms with Gasteiger partial charge in [-0.3, -0.25) is 0 Å². The van der Waals surface area contributed by atoms with E-state index in [0.29, 0.717) is 60.2 Å². The Morgan fingerprint density at radius 1 is 1.21 bits per heavy atom. The minimum Gasteiger partial charge on any atom is -0.465 e. The number of morpholine rings is 1. The molecule has 2 aliphatic rings. The molecular weight excluding hydrogens is 516 g/mol. The van der Waals surface area contributed by atoms with Crippen molar-refractivity contribution in [3.05, 3.63) is 23.9 Å². The van der Waals surface area contributed by atoms with Crippen LogP contribution in [-0.2, 0) is 25.7 Å². The summed E-state index contributed by atoms with van der Waals surface area (Å²) < 4.78 is 26.4. The molecule has 5 heterocycles. The van der Waals surface area contributed by atoms with Gasteiger partial charge in [0.1, 0.15) is 41.2 Å². The van der Waals surface area contributed by atoms with Gasteiger partial charge < -0.3 is 23.8 Å². The van der Waals surface area contributed by atoms with E-state index in [1.54, 1.807) is 10.7 Å². The number of carbonyl (C=O) groups is 1. The summed E-state index contributed by atoms with van der Waals surface area (Å²) in [7, 11) is 0.133. The summed E-state index contributed by atoms with van der Waals surface area (Å²) in [6.45, 7) is 12.5. The molecule has 39 heavy (non-hydrogen) atoms. The van der Waals surface area contributed by atoms with Gasteiger partial charge in [0.15, 0.2) is 0 Å². The van der Waals surface area contributed by atoms with E-state index in [4.69, 9.17) is 34.1 Å². The third kappa shape index (κ3) is 6.18. The van der Waals surface area contributed by atoms with E-state index in [0.717, 1.165) is 31.9 Å². The molecule has 5 rings (SSSR count). The van der Waals surface area contributed by atoms with Gasteiger partial charge in [-0.05, 0) is 44.4 Å². The van der Waals surface area contributed by atoms with Gasteiger partial charge in [0.25, 0.3) is 0 Å². The van der Waals surface area contributed by atoms with Crippen LogP contribution in [0.25, 0.3) is 22.4 Å². The quantitative estimate of drug-likeness (QED) is 0.216. The van der Waals surface area contributed by atoms with Crippen molar-refractivity contribution in [2.45, 2.75) is 70.9 Å². The van der Waals surface area contributed by atoms with Gasteiger partial charge in [-0.2, -0.15) is 10.2 Å². The third-order valence-corrected chi connectivity index (χ3v) is 8.97. The molecule has 2 aliphatic heterocycles. The molecule has 212 valence electrons. The number of nitrogens with zero attached hydrogens (tertiary/aromatic N) is 6. The Morgan fingerprint density at radius 3 is 2.77 bits per heavy atom. The normalized spacial score (nSPS) is 20.5. The molecule has 0 N–H and O–H groups in total. The Labute approximate surface area is 230 Å². The Bertz CT molecular complexity index is 1300. The zero-order valence-electron chi connectivity index (χ0n) is 23.7. The van der Waals surface area contributed by atoms with Crippen LogP contribution in [0.4, 0.5) is 5.82 Å². The number of hydrogen-bond donors (Lipinski definition) is 0. The average Bonchev–Trinajstić information content (AvgIpc) is 3.56. The van der Waals surface area contributed by atoms with Crippen molar-refractivity contribution in [1.29, 1.82) is 0 Å². The van der Waals surface area contributed by atoms with Crippen molar-refractivity contribution in [2.75, 3.05) is 45.0 Å². The molecule has 0 amide bonds. The summed E-state index contributed by atoms with van der Waals surface area (Å²) in [5.41, 5.74) is 2.85. The van der Waals surface area contributed by atoms with E-state index in [1.807, 2.05) is 16.9 Å². The molecule has 0 radical (unpaired) electrons. The molecule has 0 bridgehead atoms. The highest BCUT2D eigenvalue weighted by Crippen LogP contribution is 2.33. The monoisotopic (exact) mass is 556 g/mol. The van der Waals surface area contributed by atoms with Crippen LogP contribution in [0, 0.1) is 0 Å². The standard InChI is InChI=1S/C27H40N6O5Si/c1-19-17-36-13-11-31(19)22-16-20(27(34)35-2)26-25(28-22)24(30-33(26)18-37-14-15-39(3,4)5)21-9-10-32(29-21)23-8-6-7-12-38-23/h9-10,16,19,23H,6-8,11-15,17-18H2,1-5H3/t19-,23?/m1/s1. The molecule has 2 saturated heterocycles. The second kappa shape index (κ2) is 11.7. The number of rotatable bonds is 9. The van der Waals surface area contributed by atoms with Gasteiger partial charge in [0.05, 0.1) is 31.9 Å². The summed E-state index contributed by atoms with van der Waals surface area (Å²) in [5, 5.41) is 9.75. The molecule has 2 fully saturated rings. The van der Waals surface area contributed by atoms with Crippen LogP contribution >= 0.6 is 0 Å². The lowest BCUT2D eigenvalue weighted by Crippen LogP contribution is -2.44. The zero-order chi connectivity index (χ0) is 27.6. The lowest BCUT2D eigenvalue weighted by Gasteiger charge is -2.34. The molecular formula is C27H40N6O5Si. The smallest absolute Gasteiger partial charge is 0.340 e. The molecule has 11 nitrogen and oxygen atoms in total. The highest BCUT2D eigenvalue weighted by molar-refractivity contribution is 6.76. The molecule has 3 aromatic rings. The zero-order valence-corrected chi connectivity index (χ0v) is 24.7. The second-order valence-electron chi connectivity index (χ2n) is 11.5. The Morgan fingerprint density at radius 2 is 2.05 bits per heavy atom. The number of hydrogen-bond acceptors (Lipinski definition) is 9. The van der Waals surface area contributed by atoms with Gasteiger partial charge in [0, 0.05) is 34.0 Å². The number of aromatic nitrogens is 5. The summed E-state index contributed by atoms with van der Waals surface area (Å²) in [6.07, 6.45) is 4.94. The number of ether oxygens (including phenoxy) is 4. The maximum absolute atomic E-state index is 13.1. The molecule has 3 aromatic heterocycles. The Balaban J connectivity index is 1.59. The lowest BCUT2D eigenvalue weighted by molar-refractivity contribution is -0.0393. The third-order valence-electron chi connectivity index (χ3n) is 7.26. The van der Waals surface area contributed by atoms with E-state index >= 15 is 0 Å². The molecule has 0 spiro atoms. The minimum absolute atomic E-state index is 0.0888. The van der Waals surface area contributed by atoms with E-state index in [-0.39, 0.29) is 19.0 Å². The van der Waals surface area contributed by atoms with Crippen molar-refractivity contribution >= 4 is 30.9 Å². The fraction of sp³-hybridized carbons (Fsp3) is 0.630. The van der Waals surface area contributed by atoms with Gasteiger partial charge in [-0.1, -0.05) is 19.6 Å². The maximum Gasteiger partial charge on any atom is 0.340 e. The molecule has 0 saturated carbocycles. The molecule has 2 atom stereocenters. The van der Waals surface area contributed by atoms with E-state index in [9.17, 15) is 4.79 Å². The van der Waals surface area contributed by atoms with E-state index < -0.39 is 14.0 Å². The first-order chi connectivity index (χ1) is 18.7. The van der Waals surface area contributed by atoms with Crippen molar-refractivity contribution in [1.82, 2.24) is 24.5 Å². The largest absolute Gasteiger partial charge is 0.465 e. The summed E-state index contributed by atoms with van der Waals surface area (Å²) in [4.78, 5) is 20.3. The molecule has 12 heteroatoms.